The molecule has 0 saturated carbocycles. The number of hydrogen-bond acceptors (Lipinski definition) is 6. The highest BCUT2D eigenvalue weighted by atomic mass is 16.6. The van der Waals surface area contributed by atoms with Crippen LogP contribution < -0.4 is 5.32 Å². The van der Waals surface area contributed by atoms with E-state index < -0.39 is 11.1 Å². The summed E-state index contributed by atoms with van der Waals surface area (Å²) in [5.41, 5.74) is 2.78. The van der Waals surface area contributed by atoms with Crippen LogP contribution in [0.25, 0.3) is 11.0 Å². The highest BCUT2D eigenvalue weighted by Gasteiger charge is 2.40. The molecule has 1 aliphatic rings. The molecule has 1 fully saturated rings. The van der Waals surface area contributed by atoms with E-state index in [2.05, 4.69) is 99.9 Å². The molecule has 0 bridgehead atoms. The normalized spacial score (nSPS) is 17.4. The van der Waals surface area contributed by atoms with Crippen LogP contribution in [-0.2, 0) is 10.3 Å². The molecule has 8 heteroatoms. The van der Waals surface area contributed by atoms with E-state index in [0.29, 0.717) is 25.3 Å². The van der Waals surface area contributed by atoms with Crippen molar-refractivity contribution < 1.29 is 14.6 Å². The summed E-state index contributed by atoms with van der Waals surface area (Å²) in [6.45, 7) is 6.46. The Morgan fingerprint density at radius 3 is 1.95 bits per heavy atom. The fraction of sp³-hybridized carbons (Fsp3) is 0.306. The Kier molecular flexibility index (Phi) is 8.10. The lowest BCUT2D eigenvalue weighted by Crippen LogP contribution is -2.51. The Labute approximate surface area is 258 Å². The van der Waals surface area contributed by atoms with Crippen LogP contribution in [0.2, 0.25) is 0 Å². The smallest absolute Gasteiger partial charge is 0.410 e. The molecule has 5 aromatic rings. The molecule has 2 aromatic heterocycles. The molecular formula is C36H39N5O3. The Morgan fingerprint density at radius 1 is 0.864 bits per heavy atom. The maximum atomic E-state index is 13.0. The van der Waals surface area contributed by atoms with Crippen LogP contribution in [-0.4, -0.2) is 62.0 Å². The minimum atomic E-state index is -0.711. The van der Waals surface area contributed by atoms with E-state index in [9.17, 15) is 9.90 Å². The molecule has 1 amide bonds. The summed E-state index contributed by atoms with van der Waals surface area (Å²) in [6.07, 6.45) is 4.00. The molecule has 1 saturated heterocycles. The van der Waals surface area contributed by atoms with E-state index in [1.54, 1.807) is 11.2 Å². The third-order valence-corrected chi connectivity index (χ3v) is 8.21. The maximum Gasteiger partial charge on any atom is 0.410 e. The number of aliphatic hydroxyl groups excluding tert-OH is 1. The topological polar surface area (TPSA) is 92.5 Å². The Bertz CT molecular complexity index is 1600. The molecule has 2 N–H and O–H groups in total. The number of nitrogens with one attached hydrogen (secondary N) is 1. The van der Waals surface area contributed by atoms with E-state index in [-0.39, 0.29) is 24.7 Å². The van der Waals surface area contributed by atoms with Crippen LogP contribution in [0.5, 0.6) is 0 Å². The quantitative estimate of drug-likeness (QED) is 0.217. The van der Waals surface area contributed by atoms with Crippen LogP contribution >= 0.6 is 0 Å². The monoisotopic (exact) mass is 589 g/mol. The van der Waals surface area contributed by atoms with Crippen molar-refractivity contribution in [3.05, 3.63) is 126 Å². The van der Waals surface area contributed by atoms with E-state index in [1.165, 1.54) is 0 Å². The number of aliphatic hydroxyl groups is 1. The zero-order valence-electron chi connectivity index (χ0n) is 25.4. The van der Waals surface area contributed by atoms with Gasteiger partial charge in [-0.1, -0.05) is 91.0 Å². The number of aromatic nitrogens is 3. The van der Waals surface area contributed by atoms with E-state index >= 15 is 0 Å². The molecule has 3 heterocycles. The molecule has 0 radical (unpaired) electrons. The fourth-order valence-electron chi connectivity index (χ4n) is 6.40. The van der Waals surface area contributed by atoms with Crippen LogP contribution in [0, 0.1) is 5.92 Å². The summed E-state index contributed by atoms with van der Waals surface area (Å²) in [6, 6.07) is 33.4. The van der Waals surface area contributed by atoms with Gasteiger partial charge in [0, 0.05) is 37.9 Å². The van der Waals surface area contributed by atoms with Gasteiger partial charge in [0.1, 0.15) is 28.9 Å². The predicted octanol–water partition coefficient (Wildman–Crippen LogP) is 6.30. The van der Waals surface area contributed by atoms with Crippen LogP contribution in [0.1, 0.15) is 43.9 Å². The second kappa shape index (κ2) is 12.1. The second-order valence-electron chi connectivity index (χ2n) is 12.5. The highest BCUT2D eigenvalue weighted by Crippen LogP contribution is 2.43. The number of rotatable bonds is 7. The summed E-state index contributed by atoms with van der Waals surface area (Å²) < 4.78 is 7.89. The minimum Gasteiger partial charge on any atom is -0.444 e. The third-order valence-electron chi connectivity index (χ3n) is 8.21. The van der Waals surface area contributed by atoms with Gasteiger partial charge in [0.2, 0.25) is 0 Å². The number of fused-ring (bicyclic) bond motifs is 1. The first-order valence-electron chi connectivity index (χ1n) is 15.1. The van der Waals surface area contributed by atoms with Crippen molar-refractivity contribution in [1.82, 2.24) is 19.4 Å². The van der Waals surface area contributed by atoms with Gasteiger partial charge in [-0.25, -0.2) is 14.8 Å². The van der Waals surface area contributed by atoms with E-state index in [0.717, 1.165) is 27.7 Å². The molecular weight excluding hydrogens is 550 g/mol. The molecule has 6 rings (SSSR count). The lowest BCUT2D eigenvalue weighted by molar-refractivity contribution is 0.0116. The van der Waals surface area contributed by atoms with Crippen molar-refractivity contribution in [2.24, 2.45) is 5.92 Å². The van der Waals surface area contributed by atoms with E-state index in [4.69, 9.17) is 9.72 Å². The summed E-state index contributed by atoms with van der Waals surface area (Å²) in [5.74, 6) is 0.613. The van der Waals surface area contributed by atoms with E-state index in [1.807, 2.05) is 39.0 Å². The van der Waals surface area contributed by atoms with Gasteiger partial charge in [0.25, 0.3) is 0 Å². The zero-order valence-corrected chi connectivity index (χ0v) is 25.4. The average molecular weight is 590 g/mol. The molecule has 0 spiro atoms. The second-order valence-corrected chi connectivity index (χ2v) is 12.5. The number of anilines is 1. The van der Waals surface area contributed by atoms with Gasteiger partial charge in [-0.2, -0.15) is 0 Å². The average Bonchev–Trinajstić information content (AvgIpc) is 3.47. The minimum absolute atomic E-state index is 0.0131. The highest BCUT2D eigenvalue weighted by molar-refractivity contribution is 5.88. The summed E-state index contributed by atoms with van der Waals surface area (Å²) >= 11 is 0. The van der Waals surface area contributed by atoms with Gasteiger partial charge in [0.15, 0.2) is 0 Å². The van der Waals surface area contributed by atoms with Crippen molar-refractivity contribution in [2.75, 3.05) is 25.0 Å². The Morgan fingerprint density at radius 2 is 1.43 bits per heavy atom. The number of piperidine rings is 1. The molecule has 3 aromatic carbocycles. The Hall–Kier alpha value is -4.69. The molecule has 44 heavy (non-hydrogen) atoms. The van der Waals surface area contributed by atoms with Gasteiger partial charge in [0.05, 0.1) is 5.39 Å². The first kappa shape index (κ1) is 29.4. The molecule has 0 unspecified atom stereocenters. The molecule has 2 atom stereocenters. The molecule has 226 valence electrons. The number of nitrogens with zero attached hydrogens (tertiary/aromatic N) is 4. The summed E-state index contributed by atoms with van der Waals surface area (Å²) in [7, 11) is 0. The molecule has 8 nitrogen and oxygen atoms in total. The number of ether oxygens (including phenoxy) is 1. The number of benzene rings is 3. The lowest BCUT2D eigenvalue weighted by Gasteiger charge is -2.38. The number of carbonyl (C=O) groups is 1. The van der Waals surface area contributed by atoms with Crippen LogP contribution in [0.15, 0.2) is 110 Å². The fourth-order valence-corrected chi connectivity index (χ4v) is 6.40. The van der Waals surface area contributed by atoms with Gasteiger partial charge in [-0.3, -0.25) is 0 Å². The van der Waals surface area contributed by atoms with Crippen molar-refractivity contribution in [3.63, 3.8) is 0 Å². The standard InChI is InChI=1S/C36H39N5O3/c1-35(2,3)44-34(43)40-22-26(24-42)21-30(23-40)39-32-31-19-20-41(33(31)38-25-37-32)36(27-13-7-4-8-14-27,28-15-9-5-10-16-28)29-17-11-6-12-18-29/h4-20,25-26,30,42H,21-24H2,1-3H3,(H,37,38,39)/t26-,30+/m1/s1. The molecule has 1 aliphatic heterocycles. The number of amides is 1. The zero-order chi connectivity index (χ0) is 30.7. The first-order valence-corrected chi connectivity index (χ1v) is 15.1. The van der Waals surface area contributed by atoms with Crippen molar-refractivity contribution in [1.29, 1.82) is 0 Å². The van der Waals surface area contributed by atoms with Gasteiger partial charge in [-0.05, 0) is 49.9 Å². The summed E-state index contributed by atoms with van der Waals surface area (Å²) in [4.78, 5) is 24.2. The largest absolute Gasteiger partial charge is 0.444 e. The predicted molar refractivity (Wildman–Crippen MR) is 173 cm³/mol. The Balaban J connectivity index is 1.44. The number of likely N-dealkylation sites (tertiary alicyclic amines) is 1. The van der Waals surface area contributed by atoms with Gasteiger partial charge in [-0.15, -0.1) is 0 Å². The van der Waals surface area contributed by atoms with Crippen LogP contribution in [0.4, 0.5) is 10.6 Å². The van der Waals surface area contributed by atoms with Crippen LogP contribution in [0.3, 0.4) is 0 Å². The van der Waals surface area contributed by atoms with Gasteiger partial charge >= 0.3 is 6.09 Å². The SMILES string of the molecule is CC(C)(C)OC(=O)N1C[C@H](CO)C[C@H](Nc2ncnc3c2ccn3C(c2ccccc2)(c2ccccc2)c2ccccc2)C1. The molecule has 0 aliphatic carbocycles. The lowest BCUT2D eigenvalue weighted by atomic mass is 9.76. The van der Waals surface area contributed by atoms with Crippen molar-refractivity contribution >= 4 is 22.9 Å². The maximum absolute atomic E-state index is 13.0. The van der Waals surface area contributed by atoms with Gasteiger partial charge < -0.3 is 24.6 Å². The third kappa shape index (κ3) is 5.65. The first-order chi connectivity index (χ1) is 21.3. The van der Waals surface area contributed by atoms with Crippen molar-refractivity contribution in [3.8, 4) is 0 Å². The number of hydrogen-bond donors (Lipinski definition) is 2. The van der Waals surface area contributed by atoms with Crippen molar-refractivity contribution in [2.45, 2.75) is 44.4 Å². The number of carbonyl (C=O) groups excluding carboxylic acids is 1. The summed E-state index contributed by atoms with van der Waals surface area (Å²) in [5, 5.41) is 14.5.